The predicted octanol–water partition coefficient (Wildman–Crippen LogP) is 3.72. The van der Waals surface area contributed by atoms with Crippen molar-refractivity contribution in [2.45, 2.75) is 45.6 Å². The van der Waals surface area contributed by atoms with E-state index in [0.717, 1.165) is 25.8 Å². The van der Waals surface area contributed by atoms with Crippen LogP contribution >= 0.6 is 11.3 Å². The van der Waals surface area contributed by atoms with Crippen molar-refractivity contribution < 1.29 is 0 Å². The Labute approximate surface area is 126 Å². The minimum atomic E-state index is 0.456. The Morgan fingerprint density at radius 3 is 2.80 bits per heavy atom. The maximum Gasteiger partial charge on any atom is 0.108 e. The summed E-state index contributed by atoms with van der Waals surface area (Å²) in [5.74, 6) is 1.17. The highest BCUT2D eigenvalue weighted by Crippen LogP contribution is 2.27. The van der Waals surface area contributed by atoms with E-state index in [9.17, 15) is 0 Å². The second kappa shape index (κ2) is 7.60. The van der Waals surface area contributed by atoms with Gasteiger partial charge in [0.15, 0.2) is 0 Å². The number of aromatic nitrogens is 2. The average molecular weight is 291 g/mol. The summed E-state index contributed by atoms with van der Waals surface area (Å²) in [6, 6.07) is 5.01. The van der Waals surface area contributed by atoms with Crippen LogP contribution < -0.4 is 5.32 Å². The quantitative estimate of drug-likeness (QED) is 0.803. The molecule has 1 atom stereocenters. The Bertz CT molecular complexity index is 515. The first-order valence-corrected chi connectivity index (χ1v) is 8.34. The maximum atomic E-state index is 4.42. The van der Waals surface area contributed by atoms with Crippen LogP contribution in [-0.2, 0) is 19.9 Å². The zero-order valence-corrected chi connectivity index (χ0v) is 13.5. The van der Waals surface area contributed by atoms with Gasteiger partial charge in [0.1, 0.15) is 5.82 Å². The highest BCUT2D eigenvalue weighted by molar-refractivity contribution is 7.12. The van der Waals surface area contributed by atoms with Gasteiger partial charge < -0.3 is 9.88 Å². The van der Waals surface area contributed by atoms with Crippen molar-refractivity contribution in [2.24, 2.45) is 7.05 Å². The minimum absolute atomic E-state index is 0.456. The molecule has 0 aliphatic heterocycles. The van der Waals surface area contributed by atoms with Crippen molar-refractivity contribution in [2.75, 3.05) is 6.54 Å². The van der Waals surface area contributed by atoms with Crippen molar-refractivity contribution in [3.8, 4) is 0 Å². The number of aryl methyl sites for hydroxylation is 3. The molecule has 20 heavy (non-hydrogen) atoms. The van der Waals surface area contributed by atoms with Crippen molar-refractivity contribution in [1.82, 2.24) is 14.9 Å². The van der Waals surface area contributed by atoms with E-state index in [1.165, 1.54) is 22.0 Å². The molecule has 1 unspecified atom stereocenters. The molecule has 0 amide bonds. The maximum absolute atomic E-state index is 4.42. The third-order valence-electron chi connectivity index (χ3n) is 3.59. The van der Waals surface area contributed by atoms with Crippen LogP contribution in [0, 0.1) is 0 Å². The van der Waals surface area contributed by atoms with Crippen LogP contribution in [0.4, 0.5) is 0 Å². The lowest BCUT2D eigenvalue weighted by atomic mass is 10.1. The fraction of sp³-hybridized carbons (Fsp3) is 0.562. The van der Waals surface area contributed by atoms with Gasteiger partial charge in [-0.2, -0.15) is 0 Å². The van der Waals surface area contributed by atoms with Crippen molar-refractivity contribution >= 4 is 11.3 Å². The summed E-state index contributed by atoms with van der Waals surface area (Å²) in [6.07, 6.45) is 8.32. The van der Waals surface area contributed by atoms with E-state index in [4.69, 9.17) is 0 Å². The van der Waals surface area contributed by atoms with Gasteiger partial charge in [0, 0.05) is 41.7 Å². The van der Waals surface area contributed by atoms with E-state index < -0.39 is 0 Å². The summed E-state index contributed by atoms with van der Waals surface area (Å²) in [7, 11) is 2.07. The number of nitrogens with one attached hydrogen (secondary N) is 1. The van der Waals surface area contributed by atoms with E-state index in [2.05, 4.69) is 47.9 Å². The van der Waals surface area contributed by atoms with Crippen LogP contribution in [0.15, 0.2) is 24.5 Å². The molecule has 110 valence electrons. The zero-order chi connectivity index (χ0) is 14.4. The van der Waals surface area contributed by atoms with Gasteiger partial charge in [-0.25, -0.2) is 4.98 Å². The lowest BCUT2D eigenvalue weighted by Gasteiger charge is -2.17. The van der Waals surface area contributed by atoms with E-state index >= 15 is 0 Å². The molecule has 0 radical (unpaired) electrons. The van der Waals surface area contributed by atoms with Crippen LogP contribution in [0.3, 0.4) is 0 Å². The van der Waals surface area contributed by atoms with Gasteiger partial charge in [0.2, 0.25) is 0 Å². The highest BCUT2D eigenvalue weighted by atomic mass is 32.1. The van der Waals surface area contributed by atoms with Crippen LogP contribution in [0.5, 0.6) is 0 Å². The van der Waals surface area contributed by atoms with Gasteiger partial charge in [-0.05, 0) is 37.9 Å². The molecule has 2 rings (SSSR count). The summed E-state index contributed by atoms with van der Waals surface area (Å²) in [5.41, 5.74) is 0. The number of hydrogen-bond donors (Lipinski definition) is 1. The largest absolute Gasteiger partial charge is 0.338 e. The molecule has 0 saturated carbocycles. The average Bonchev–Trinajstić information content (AvgIpc) is 3.08. The SMILES string of the molecule is CCCNC(CCc1nccn1C)c1ccc(CC)s1. The molecule has 1 N–H and O–H groups in total. The van der Waals surface area contributed by atoms with Crippen molar-refractivity contribution in [3.63, 3.8) is 0 Å². The molecule has 0 spiro atoms. The number of hydrogen-bond acceptors (Lipinski definition) is 3. The lowest BCUT2D eigenvalue weighted by molar-refractivity contribution is 0.497. The monoisotopic (exact) mass is 291 g/mol. The predicted molar refractivity (Wildman–Crippen MR) is 86.3 cm³/mol. The second-order valence-corrected chi connectivity index (χ2v) is 6.36. The molecule has 2 aromatic rings. The van der Waals surface area contributed by atoms with Crippen LogP contribution in [-0.4, -0.2) is 16.1 Å². The van der Waals surface area contributed by atoms with Gasteiger partial charge in [-0.1, -0.05) is 13.8 Å². The van der Waals surface area contributed by atoms with Crippen LogP contribution in [0.25, 0.3) is 0 Å². The lowest BCUT2D eigenvalue weighted by Crippen LogP contribution is -2.22. The third kappa shape index (κ3) is 3.93. The van der Waals surface area contributed by atoms with Gasteiger partial charge in [0.05, 0.1) is 0 Å². The van der Waals surface area contributed by atoms with Crippen LogP contribution in [0.1, 0.15) is 48.3 Å². The summed E-state index contributed by atoms with van der Waals surface area (Å²) in [6.45, 7) is 5.51. The fourth-order valence-electron chi connectivity index (χ4n) is 2.35. The first-order chi connectivity index (χ1) is 9.74. The molecule has 0 aliphatic rings. The smallest absolute Gasteiger partial charge is 0.108 e. The summed E-state index contributed by atoms with van der Waals surface area (Å²) >= 11 is 1.94. The molecule has 4 heteroatoms. The van der Waals surface area contributed by atoms with Gasteiger partial charge in [0.25, 0.3) is 0 Å². The van der Waals surface area contributed by atoms with Gasteiger partial charge in [-0.3, -0.25) is 0 Å². The number of imidazole rings is 1. The topological polar surface area (TPSA) is 29.9 Å². The van der Waals surface area contributed by atoms with E-state index in [1.807, 2.05) is 23.7 Å². The Balaban J connectivity index is 2.01. The van der Waals surface area contributed by atoms with Crippen LogP contribution in [0.2, 0.25) is 0 Å². The molecule has 0 aliphatic carbocycles. The summed E-state index contributed by atoms with van der Waals surface area (Å²) in [5, 5.41) is 3.68. The normalized spacial score (nSPS) is 12.8. The molecule has 2 aromatic heterocycles. The summed E-state index contributed by atoms with van der Waals surface area (Å²) < 4.78 is 2.11. The number of thiophene rings is 1. The molecule has 0 bridgehead atoms. The van der Waals surface area contributed by atoms with Gasteiger partial charge >= 0.3 is 0 Å². The van der Waals surface area contributed by atoms with E-state index in [1.54, 1.807) is 0 Å². The first-order valence-electron chi connectivity index (χ1n) is 7.52. The molecule has 3 nitrogen and oxygen atoms in total. The zero-order valence-electron chi connectivity index (χ0n) is 12.7. The number of nitrogens with zero attached hydrogens (tertiary/aromatic N) is 2. The highest BCUT2D eigenvalue weighted by Gasteiger charge is 2.14. The molecule has 0 saturated heterocycles. The molecule has 2 heterocycles. The Kier molecular flexibility index (Phi) is 5.80. The fourth-order valence-corrected chi connectivity index (χ4v) is 3.41. The van der Waals surface area contributed by atoms with Crippen molar-refractivity contribution in [1.29, 1.82) is 0 Å². The first kappa shape index (κ1) is 15.3. The Morgan fingerprint density at radius 1 is 1.35 bits per heavy atom. The molecular weight excluding hydrogens is 266 g/mol. The standard InChI is InChI=1S/C16H25N3S/c1-4-10-17-14(15-8-6-13(5-2)20-15)7-9-16-18-11-12-19(16)3/h6,8,11-12,14,17H,4-5,7,9-10H2,1-3H3. The summed E-state index contributed by atoms with van der Waals surface area (Å²) in [4.78, 5) is 7.36. The second-order valence-electron chi connectivity index (χ2n) is 5.16. The van der Waals surface area contributed by atoms with Crippen molar-refractivity contribution in [3.05, 3.63) is 40.1 Å². The number of rotatable bonds is 8. The third-order valence-corrected chi connectivity index (χ3v) is 4.94. The molecular formula is C16H25N3S. The Morgan fingerprint density at radius 2 is 2.20 bits per heavy atom. The van der Waals surface area contributed by atoms with Gasteiger partial charge in [-0.15, -0.1) is 11.3 Å². The minimum Gasteiger partial charge on any atom is -0.338 e. The molecule has 0 fully saturated rings. The molecule has 0 aromatic carbocycles. The van der Waals surface area contributed by atoms with E-state index in [-0.39, 0.29) is 0 Å². The Hall–Kier alpha value is -1.13. The van der Waals surface area contributed by atoms with E-state index in [0.29, 0.717) is 6.04 Å².